The fraction of sp³-hybridized carbons (Fsp3) is 0.545. The first kappa shape index (κ1) is 12.0. The lowest BCUT2D eigenvalue weighted by molar-refractivity contribution is 0.438. The number of nitrogens with zero attached hydrogens (tertiary/aromatic N) is 2. The van der Waals surface area contributed by atoms with Gasteiger partial charge in [0.05, 0.1) is 0 Å². The van der Waals surface area contributed by atoms with Crippen LogP contribution in [0.5, 0.6) is 0 Å². The van der Waals surface area contributed by atoms with E-state index in [2.05, 4.69) is 17.3 Å². The number of nitrogens with two attached hydrogens (primary N) is 1. The Balaban J connectivity index is 2.30. The van der Waals surface area contributed by atoms with Crippen molar-refractivity contribution in [3.63, 3.8) is 0 Å². The second kappa shape index (κ2) is 4.83. The van der Waals surface area contributed by atoms with Gasteiger partial charge in [-0.3, -0.25) is 0 Å². The van der Waals surface area contributed by atoms with Crippen LogP contribution in [0, 0.1) is 17.6 Å². The van der Waals surface area contributed by atoms with Gasteiger partial charge in [0.1, 0.15) is 0 Å². The summed E-state index contributed by atoms with van der Waals surface area (Å²) in [6, 6.07) is 0.816. The third kappa shape index (κ3) is 2.46. The number of pyridine rings is 1. The first-order valence-electron chi connectivity index (χ1n) is 5.69. The molecule has 0 radical (unpaired) electrons. The molecule has 0 bridgehead atoms. The molecule has 1 aliphatic rings. The van der Waals surface area contributed by atoms with Crippen molar-refractivity contribution in [3.8, 4) is 0 Å². The zero-order valence-electron chi connectivity index (χ0n) is 9.71. The van der Waals surface area contributed by atoms with Gasteiger partial charge in [-0.1, -0.05) is 6.92 Å². The van der Waals surface area contributed by atoms with Crippen molar-refractivity contribution in [2.24, 2.45) is 11.8 Å². The Morgan fingerprint density at radius 3 is 2.88 bits per heavy atom. The minimum atomic E-state index is -0.779. The van der Waals surface area contributed by atoms with Gasteiger partial charge in [-0.25, -0.2) is 19.6 Å². The van der Waals surface area contributed by atoms with Crippen LogP contribution in [0.15, 0.2) is 6.07 Å². The van der Waals surface area contributed by atoms with Crippen molar-refractivity contribution in [1.82, 2.24) is 4.98 Å². The molecule has 0 aliphatic carbocycles. The molecule has 2 rings (SSSR count). The Hall–Kier alpha value is -1.43. The summed E-state index contributed by atoms with van der Waals surface area (Å²) in [6.07, 6.45) is 2.12. The highest BCUT2D eigenvalue weighted by molar-refractivity contribution is 5.49. The molecule has 1 aromatic heterocycles. The highest BCUT2D eigenvalue weighted by Crippen LogP contribution is 2.26. The highest BCUT2D eigenvalue weighted by Gasteiger charge is 2.22. The Morgan fingerprint density at radius 1 is 1.47 bits per heavy atom. The molecule has 94 valence electrons. The van der Waals surface area contributed by atoms with Gasteiger partial charge in [0.15, 0.2) is 23.3 Å². The number of nitrogen functional groups attached to an aromatic ring is 1. The van der Waals surface area contributed by atoms with E-state index < -0.39 is 11.6 Å². The lowest BCUT2D eigenvalue weighted by atomic mass is 10.0. The Kier molecular flexibility index (Phi) is 3.42. The summed E-state index contributed by atoms with van der Waals surface area (Å²) in [4.78, 5) is 5.73. The number of nitrogens with one attached hydrogen (secondary N) is 1. The molecule has 1 aromatic rings. The van der Waals surface area contributed by atoms with E-state index in [0.717, 1.165) is 32.0 Å². The summed E-state index contributed by atoms with van der Waals surface area (Å²) in [5, 5.41) is 0. The van der Waals surface area contributed by atoms with Crippen molar-refractivity contribution in [2.75, 3.05) is 23.4 Å². The predicted molar refractivity (Wildman–Crippen MR) is 62.6 cm³/mol. The quantitative estimate of drug-likeness (QED) is 0.614. The largest absolute Gasteiger partial charge is 0.354 e. The predicted octanol–water partition coefficient (Wildman–Crippen LogP) is 1.88. The van der Waals surface area contributed by atoms with Gasteiger partial charge in [-0.15, -0.1) is 0 Å². The van der Waals surface area contributed by atoms with Gasteiger partial charge >= 0.3 is 0 Å². The molecule has 0 aromatic carbocycles. The van der Waals surface area contributed by atoms with Crippen LogP contribution < -0.4 is 16.2 Å². The smallest absolute Gasteiger partial charge is 0.178 e. The number of rotatable bonds is 2. The monoisotopic (exact) mass is 242 g/mol. The summed E-state index contributed by atoms with van der Waals surface area (Å²) in [5.41, 5.74) is 2.13. The van der Waals surface area contributed by atoms with E-state index in [1.165, 1.54) is 0 Å². The molecule has 3 N–H and O–H groups in total. The third-order valence-corrected chi connectivity index (χ3v) is 3.00. The summed E-state index contributed by atoms with van der Waals surface area (Å²) < 4.78 is 26.9. The maximum atomic E-state index is 13.7. The first-order valence-corrected chi connectivity index (χ1v) is 5.69. The number of halogens is 2. The fourth-order valence-electron chi connectivity index (χ4n) is 2.16. The molecule has 0 saturated carbocycles. The number of anilines is 2. The summed E-state index contributed by atoms with van der Waals surface area (Å²) in [6.45, 7) is 3.58. The van der Waals surface area contributed by atoms with E-state index in [1.54, 1.807) is 0 Å². The molecule has 0 spiro atoms. The van der Waals surface area contributed by atoms with Crippen LogP contribution in [0.2, 0.25) is 0 Å². The third-order valence-electron chi connectivity index (χ3n) is 3.00. The molecule has 0 amide bonds. The van der Waals surface area contributed by atoms with E-state index in [0.29, 0.717) is 5.92 Å². The van der Waals surface area contributed by atoms with Crippen molar-refractivity contribution >= 4 is 11.6 Å². The Bertz CT molecular complexity index is 411. The summed E-state index contributed by atoms with van der Waals surface area (Å²) >= 11 is 0. The zero-order valence-corrected chi connectivity index (χ0v) is 9.71. The van der Waals surface area contributed by atoms with Crippen molar-refractivity contribution in [3.05, 3.63) is 17.7 Å². The number of aromatic nitrogens is 1. The molecular weight excluding hydrogens is 226 g/mol. The van der Waals surface area contributed by atoms with Crippen LogP contribution in [0.3, 0.4) is 0 Å². The highest BCUT2D eigenvalue weighted by atomic mass is 19.1. The maximum Gasteiger partial charge on any atom is 0.178 e. The van der Waals surface area contributed by atoms with Crippen LogP contribution in [0.25, 0.3) is 0 Å². The van der Waals surface area contributed by atoms with E-state index in [-0.39, 0.29) is 11.6 Å². The average molecular weight is 242 g/mol. The second-order valence-corrected chi connectivity index (χ2v) is 4.46. The second-order valence-electron chi connectivity index (χ2n) is 4.46. The summed E-state index contributed by atoms with van der Waals surface area (Å²) in [5.74, 6) is 4.25. The van der Waals surface area contributed by atoms with Crippen molar-refractivity contribution in [2.45, 2.75) is 19.8 Å². The zero-order chi connectivity index (χ0) is 12.4. The molecule has 1 fully saturated rings. The standard InChI is InChI=1S/C11H16F2N4/c1-7-3-2-4-17(6-7)11-9(13)5-8(12)10(15-11)16-14/h5,7H,2-4,6,14H2,1H3,(H,15,16). The average Bonchev–Trinajstić information content (AvgIpc) is 2.29. The Morgan fingerprint density at radius 2 is 2.24 bits per heavy atom. The van der Waals surface area contributed by atoms with Gasteiger partial charge in [-0.05, 0) is 18.8 Å². The van der Waals surface area contributed by atoms with Crippen LogP contribution in [-0.4, -0.2) is 18.1 Å². The molecule has 1 atom stereocenters. The number of hydrazine groups is 1. The minimum absolute atomic E-state index is 0.125. The van der Waals surface area contributed by atoms with Crippen LogP contribution in [-0.2, 0) is 0 Å². The minimum Gasteiger partial charge on any atom is -0.354 e. The maximum absolute atomic E-state index is 13.7. The van der Waals surface area contributed by atoms with Gasteiger partial charge in [0, 0.05) is 19.2 Å². The molecule has 1 aliphatic heterocycles. The number of piperidine rings is 1. The van der Waals surface area contributed by atoms with E-state index >= 15 is 0 Å². The van der Waals surface area contributed by atoms with Gasteiger partial charge in [0.25, 0.3) is 0 Å². The lowest BCUT2D eigenvalue weighted by Crippen LogP contribution is -2.35. The van der Waals surface area contributed by atoms with Crippen molar-refractivity contribution in [1.29, 1.82) is 0 Å². The molecule has 1 saturated heterocycles. The van der Waals surface area contributed by atoms with Crippen LogP contribution in [0.1, 0.15) is 19.8 Å². The molecular formula is C11H16F2N4. The normalized spacial score (nSPS) is 20.5. The first-order chi connectivity index (χ1) is 8.11. The van der Waals surface area contributed by atoms with E-state index in [4.69, 9.17) is 5.84 Å². The molecule has 2 heterocycles. The molecule has 4 nitrogen and oxygen atoms in total. The summed E-state index contributed by atoms with van der Waals surface area (Å²) in [7, 11) is 0. The van der Waals surface area contributed by atoms with Gasteiger partial charge in [-0.2, -0.15) is 0 Å². The van der Waals surface area contributed by atoms with E-state index in [9.17, 15) is 8.78 Å². The molecule has 17 heavy (non-hydrogen) atoms. The number of hydrogen-bond acceptors (Lipinski definition) is 4. The van der Waals surface area contributed by atoms with Gasteiger partial charge in [0.2, 0.25) is 0 Å². The van der Waals surface area contributed by atoms with Gasteiger partial charge < -0.3 is 10.3 Å². The van der Waals surface area contributed by atoms with Crippen LogP contribution >= 0.6 is 0 Å². The topological polar surface area (TPSA) is 54.2 Å². The fourth-order valence-corrected chi connectivity index (χ4v) is 2.16. The molecule has 1 unspecified atom stereocenters. The van der Waals surface area contributed by atoms with Crippen LogP contribution in [0.4, 0.5) is 20.4 Å². The SMILES string of the molecule is CC1CCCN(c2nc(NN)c(F)cc2F)C1. The van der Waals surface area contributed by atoms with Crippen molar-refractivity contribution < 1.29 is 8.78 Å². The van der Waals surface area contributed by atoms with E-state index in [1.807, 2.05) is 4.90 Å². The molecule has 6 heteroatoms. The lowest BCUT2D eigenvalue weighted by Gasteiger charge is -2.32. The Labute approximate surface area is 98.8 Å². The number of hydrogen-bond donors (Lipinski definition) is 2.